The van der Waals surface area contributed by atoms with Crippen LogP contribution in [0.4, 0.5) is 5.69 Å². The molecule has 0 saturated heterocycles. The summed E-state index contributed by atoms with van der Waals surface area (Å²) in [7, 11) is 4.19. The molecule has 0 saturated carbocycles. The fraction of sp³-hybridized carbons (Fsp3) is 0.500. The molecule has 82 valence electrons. The van der Waals surface area contributed by atoms with Crippen LogP contribution in [0.5, 0.6) is 5.75 Å². The molecule has 0 spiro atoms. The van der Waals surface area contributed by atoms with E-state index < -0.39 is 0 Å². The van der Waals surface area contributed by atoms with Gasteiger partial charge in [0.15, 0.2) is 0 Å². The Kier molecular flexibility index (Phi) is 3.11. The van der Waals surface area contributed by atoms with E-state index in [9.17, 15) is 0 Å². The quantitative estimate of drug-likeness (QED) is 0.813. The van der Waals surface area contributed by atoms with Crippen LogP contribution in [0.25, 0.3) is 0 Å². The highest BCUT2D eigenvalue weighted by Crippen LogP contribution is 2.28. The molecule has 0 atom stereocenters. The first-order valence-corrected chi connectivity index (χ1v) is 5.40. The third kappa shape index (κ3) is 2.63. The second-order valence-electron chi connectivity index (χ2n) is 4.16. The third-order valence-corrected chi connectivity index (χ3v) is 2.57. The molecule has 2 rings (SSSR count). The van der Waals surface area contributed by atoms with E-state index in [4.69, 9.17) is 4.74 Å². The monoisotopic (exact) mass is 206 g/mol. The molecule has 1 N–H and O–H groups in total. The summed E-state index contributed by atoms with van der Waals surface area (Å²) >= 11 is 0. The van der Waals surface area contributed by atoms with Crippen LogP contribution in [0.15, 0.2) is 18.2 Å². The summed E-state index contributed by atoms with van der Waals surface area (Å²) < 4.78 is 5.53. The number of nitrogens with one attached hydrogen (secondary N) is 1. The smallest absolute Gasteiger partial charge is 0.142 e. The van der Waals surface area contributed by atoms with Gasteiger partial charge in [0.2, 0.25) is 0 Å². The Bertz CT molecular complexity index is 336. The van der Waals surface area contributed by atoms with Crippen molar-refractivity contribution in [3.63, 3.8) is 0 Å². The normalized spacial score (nSPS) is 14.3. The lowest BCUT2D eigenvalue weighted by Crippen LogP contribution is -2.18. The van der Waals surface area contributed by atoms with Crippen molar-refractivity contribution in [2.24, 2.45) is 0 Å². The predicted molar refractivity (Wildman–Crippen MR) is 62.7 cm³/mol. The highest BCUT2D eigenvalue weighted by molar-refractivity contribution is 5.59. The molecule has 1 aliphatic rings. The summed E-state index contributed by atoms with van der Waals surface area (Å²) in [6.07, 6.45) is 1.09. The highest BCUT2D eigenvalue weighted by atomic mass is 16.5. The van der Waals surface area contributed by atoms with Gasteiger partial charge in [0.05, 0.1) is 5.69 Å². The fourth-order valence-electron chi connectivity index (χ4n) is 1.70. The summed E-state index contributed by atoms with van der Waals surface area (Å²) in [5.41, 5.74) is 2.50. The molecule has 1 aliphatic heterocycles. The summed E-state index contributed by atoms with van der Waals surface area (Å²) in [4.78, 5) is 2.20. The number of likely N-dealkylation sites (N-methyl/N-ethyl adjacent to an activating group) is 1. The SMILES string of the molecule is CN(C)CCc1ccc2c(c1)NCCO2. The second kappa shape index (κ2) is 4.53. The van der Waals surface area contributed by atoms with Crippen LogP contribution in [0.2, 0.25) is 0 Å². The van der Waals surface area contributed by atoms with E-state index in [-0.39, 0.29) is 0 Å². The molecular weight excluding hydrogens is 188 g/mol. The van der Waals surface area contributed by atoms with E-state index in [1.54, 1.807) is 0 Å². The topological polar surface area (TPSA) is 24.5 Å². The maximum absolute atomic E-state index is 5.53. The van der Waals surface area contributed by atoms with Crippen LogP contribution in [0, 0.1) is 0 Å². The number of ether oxygens (including phenoxy) is 1. The third-order valence-electron chi connectivity index (χ3n) is 2.57. The average Bonchev–Trinajstić information content (AvgIpc) is 2.26. The molecule has 0 amide bonds. The van der Waals surface area contributed by atoms with Crippen LogP contribution >= 0.6 is 0 Å². The maximum Gasteiger partial charge on any atom is 0.142 e. The van der Waals surface area contributed by atoms with Gasteiger partial charge in [-0.2, -0.15) is 0 Å². The average molecular weight is 206 g/mol. The van der Waals surface area contributed by atoms with E-state index in [2.05, 4.69) is 42.5 Å². The van der Waals surface area contributed by atoms with Crippen LogP contribution < -0.4 is 10.1 Å². The molecule has 3 heteroatoms. The van der Waals surface area contributed by atoms with E-state index in [0.717, 1.165) is 37.6 Å². The van der Waals surface area contributed by atoms with Gasteiger partial charge in [0.1, 0.15) is 12.4 Å². The Labute approximate surface area is 91.0 Å². The molecular formula is C12H18N2O. The van der Waals surface area contributed by atoms with Crippen LogP contribution in [0.3, 0.4) is 0 Å². The van der Waals surface area contributed by atoms with Crippen molar-refractivity contribution < 1.29 is 4.74 Å². The number of rotatable bonds is 3. The highest BCUT2D eigenvalue weighted by Gasteiger charge is 2.09. The molecule has 0 aliphatic carbocycles. The lowest BCUT2D eigenvalue weighted by atomic mass is 10.1. The number of benzene rings is 1. The van der Waals surface area contributed by atoms with Crippen molar-refractivity contribution in [1.82, 2.24) is 4.90 Å². The van der Waals surface area contributed by atoms with Gasteiger partial charge < -0.3 is 15.0 Å². The zero-order valence-electron chi connectivity index (χ0n) is 9.42. The lowest BCUT2D eigenvalue weighted by molar-refractivity contribution is 0.323. The zero-order valence-corrected chi connectivity index (χ0v) is 9.42. The molecule has 1 aromatic rings. The first kappa shape index (κ1) is 10.3. The fourth-order valence-corrected chi connectivity index (χ4v) is 1.70. The number of nitrogens with zero attached hydrogens (tertiary/aromatic N) is 1. The van der Waals surface area contributed by atoms with Gasteiger partial charge in [-0.1, -0.05) is 6.07 Å². The molecule has 15 heavy (non-hydrogen) atoms. The molecule has 1 heterocycles. The van der Waals surface area contributed by atoms with Gasteiger partial charge in [-0.3, -0.25) is 0 Å². The maximum atomic E-state index is 5.53. The lowest BCUT2D eigenvalue weighted by Gasteiger charge is -2.20. The standard InChI is InChI=1S/C12H18N2O/c1-14(2)7-5-10-3-4-12-11(9-10)13-6-8-15-12/h3-4,9,13H,5-8H2,1-2H3. The number of fused-ring (bicyclic) bond motifs is 1. The number of hydrogen-bond donors (Lipinski definition) is 1. The van der Waals surface area contributed by atoms with E-state index in [1.807, 2.05) is 0 Å². The van der Waals surface area contributed by atoms with Crippen molar-refractivity contribution >= 4 is 5.69 Å². The summed E-state index contributed by atoms with van der Waals surface area (Å²) in [5, 5.41) is 3.35. The number of hydrogen-bond acceptors (Lipinski definition) is 3. The van der Waals surface area contributed by atoms with Gasteiger partial charge >= 0.3 is 0 Å². The van der Waals surface area contributed by atoms with Crippen molar-refractivity contribution in [2.75, 3.05) is 39.1 Å². The van der Waals surface area contributed by atoms with Gasteiger partial charge in [-0.15, -0.1) is 0 Å². The zero-order chi connectivity index (χ0) is 10.7. The first-order chi connectivity index (χ1) is 7.25. The van der Waals surface area contributed by atoms with Gasteiger partial charge in [-0.25, -0.2) is 0 Å². The summed E-state index contributed by atoms with van der Waals surface area (Å²) in [5.74, 6) is 0.981. The van der Waals surface area contributed by atoms with Crippen LogP contribution in [-0.2, 0) is 6.42 Å². The minimum Gasteiger partial charge on any atom is -0.490 e. The first-order valence-electron chi connectivity index (χ1n) is 5.40. The predicted octanol–water partition coefficient (Wildman–Crippen LogP) is 1.59. The van der Waals surface area contributed by atoms with Crippen molar-refractivity contribution in [3.8, 4) is 5.75 Å². The summed E-state index contributed by atoms with van der Waals surface area (Å²) in [6.45, 7) is 2.76. The molecule has 0 aromatic heterocycles. The Morgan fingerprint density at radius 2 is 2.27 bits per heavy atom. The minimum absolute atomic E-state index is 0.768. The van der Waals surface area contributed by atoms with Crippen LogP contribution in [-0.4, -0.2) is 38.7 Å². The molecule has 3 nitrogen and oxygen atoms in total. The Balaban J connectivity index is 2.07. The second-order valence-corrected chi connectivity index (χ2v) is 4.16. The van der Waals surface area contributed by atoms with Gasteiger partial charge in [0.25, 0.3) is 0 Å². The molecule has 0 unspecified atom stereocenters. The van der Waals surface area contributed by atoms with Crippen LogP contribution in [0.1, 0.15) is 5.56 Å². The Hall–Kier alpha value is -1.22. The molecule has 0 bridgehead atoms. The largest absolute Gasteiger partial charge is 0.490 e. The van der Waals surface area contributed by atoms with E-state index >= 15 is 0 Å². The Morgan fingerprint density at radius 1 is 1.40 bits per heavy atom. The van der Waals surface area contributed by atoms with E-state index in [1.165, 1.54) is 5.56 Å². The van der Waals surface area contributed by atoms with Crippen molar-refractivity contribution in [1.29, 1.82) is 0 Å². The summed E-state index contributed by atoms with van der Waals surface area (Å²) in [6, 6.07) is 6.40. The van der Waals surface area contributed by atoms with Crippen molar-refractivity contribution in [3.05, 3.63) is 23.8 Å². The molecule has 1 aromatic carbocycles. The number of anilines is 1. The van der Waals surface area contributed by atoms with E-state index in [0.29, 0.717) is 0 Å². The Morgan fingerprint density at radius 3 is 3.07 bits per heavy atom. The molecule has 0 radical (unpaired) electrons. The minimum atomic E-state index is 0.768. The van der Waals surface area contributed by atoms with Gasteiger partial charge in [-0.05, 0) is 38.2 Å². The van der Waals surface area contributed by atoms with Gasteiger partial charge in [0, 0.05) is 13.1 Å². The van der Waals surface area contributed by atoms with Crippen molar-refractivity contribution in [2.45, 2.75) is 6.42 Å². The molecule has 0 fully saturated rings.